The molecule has 0 aliphatic carbocycles. The third-order valence-corrected chi connectivity index (χ3v) is 4.93. The molecular formula is C14H14Br2S. The van der Waals surface area contributed by atoms with Crippen molar-refractivity contribution in [2.75, 3.05) is 5.33 Å². The van der Waals surface area contributed by atoms with Gasteiger partial charge in [-0.1, -0.05) is 44.0 Å². The zero-order valence-electron chi connectivity index (χ0n) is 9.40. The number of rotatable bonds is 5. The average Bonchev–Trinajstić information content (AvgIpc) is 2.85. The normalized spacial score (nSPS) is 12.6. The zero-order chi connectivity index (χ0) is 12.1. The first-order valence-corrected chi connectivity index (χ1v) is 8.48. The van der Waals surface area contributed by atoms with Crippen LogP contribution in [0.5, 0.6) is 0 Å². The first-order valence-electron chi connectivity index (χ1n) is 5.62. The number of hydrogen-bond donors (Lipinski definition) is 0. The van der Waals surface area contributed by atoms with Crippen molar-refractivity contribution in [1.82, 2.24) is 0 Å². The summed E-state index contributed by atoms with van der Waals surface area (Å²) in [6.07, 6.45) is 2.36. The molecule has 3 heteroatoms. The van der Waals surface area contributed by atoms with E-state index in [4.69, 9.17) is 0 Å². The molecule has 0 spiro atoms. The Morgan fingerprint density at radius 1 is 1.12 bits per heavy atom. The van der Waals surface area contributed by atoms with E-state index >= 15 is 0 Å². The molecule has 1 atom stereocenters. The van der Waals surface area contributed by atoms with Gasteiger partial charge in [0, 0.05) is 9.80 Å². The Morgan fingerprint density at radius 3 is 2.47 bits per heavy atom. The Balaban J connectivity index is 1.99. The van der Waals surface area contributed by atoms with E-state index in [2.05, 4.69) is 73.0 Å². The maximum absolute atomic E-state index is 3.63. The largest absolute Gasteiger partial charge is 0.152 e. The van der Waals surface area contributed by atoms with Gasteiger partial charge in [-0.15, -0.1) is 0 Å². The van der Waals surface area contributed by atoms with Crippen molar-refractivity contribution in [2.24, 2.45) is 0 Å². The van der Waals surface area contributed by atoms with Gasteiger partial charge in [0.15, 0.2) is 0 Å². The van der Waals surface area contributed by atoms with Crippen molar-refractivity contribution < 1.29 is 0 Å². The van der Waals surface area contributed by atoms with Crippen LogP contribution in [0.15, 0.2) is 45.6 Å². The zero-order valence-corrected chi connectivity index (χ0v) is 13.4. The van der Waals surface area contributed by atoms with Crippen molar-refractivity contribution in [3.63, 3.8) is 0 Å². The highest BCUT2D eigenvalue weighted by molar-refractivity contribution is 9.10. The first-order chi connectivity index (χ1) is 8.29. The molecule has 0 bridgehead atoms. The minimum absolute atomic E-state index is 0.600. The Kier molecular flexibility index (Phi) is 5.26. The molecule has 0 N–H and O–H groups in total. The van der Waals surface area contributed by atoms with E-state index in [1.54, 1.807) is 11.3 Å². The maximum atomic E-state index is 3.63. The summed E-state index contributed by atoms with van der Waals surface area (Å²) in [7, 11) is 0. The second-order valence-corrected chi connectivity index (χ2v) is 6.42. The van der Waals surface area contributed by atoms with Crippen molar-refractivity contribution >= 4 is 43.2 Å². The van der Waals surface area contributed by atoms with E-state index in [0.29, 0.717) is 5.92 Å². The maximum Gasteiger partial charge on any atom is 0.0175 e. The van der Waals surface area contributed by atoms with Gasteiger partial charge in [-0.05, 0) is 58.8 Å². The van der Waals surface area contributed by atoms with Crippen LogP contribution in [0.3, 0.4) is 0 Å². The van der Waals surface area contributed by atoms with Gasteiger partial charge in [-0.2, -0.15) is 11.3 Å². The number of alkyl halides is 1. The summed E-state index contributed by atoms with van der Waals surface area (Å²) in [5.74, 6) is 0.600. The molecule has 17 heavy (non-hydrogen) atoms. The summed E-state index contributed by atoms with van der Waals surface area (Å²) < 4.78 is 1.15. The minimum atomic E-state index is 0.600. The average molecular weight is 374 g/mol. The Labute approximate surface area is 123 Å². The molecule has 90 valence electrons. The van der Waals surface area contributed by atoms with Crippen LogP contribution in [0.1, 0.15) is 23.5 Å². The molecule has 0 aliphatic heterocycles. The number of thiophene rings is 1. The molecule has 0 saturated heterocycles. The number of hydrogen-bond acceptors (Lipinski definition) is 1. The lowest BCUT2D eigenvalue weighted by molar-refractivity contribution is 0.693. The molecule has 2 aromatic rings. The third kappa shape index (κ3) is 3.94. The first kappa shape index (κ1) is 13.3. The fourth-order valence-corrected chi connectivity index (χ4v) is 3.51. The van der Waals surface area contributed by atoms with E-state index in [1.165, 1.54) is 17.5 Å². The van der Waals surface area contributed by atoms with E-state index in [1.807, 2.05) is 0 Å². The summed E-state index contributed by atoms with van der Waals surface area (Å²) in [6, 6.07) is 10.9. The SMILES string of the molecule is BrCC(CCc1ccsc1)c1ccc(Br)cc1. The number of halogens is 2. The van der Waals surface area contributed by atoms with E-state index < -0.39 is 0 Å². The van der Waals surface area contributed by atoms with Crippen LogP contribution in [-0.2, 0) is 6.42 Å². The highest BCUT2D eigenvalue weighted by Gasteiger charge is 2.10. The van der Waals surface area contributed by atoms with Gasteiger partial charge in [0.1, 0.15) is 0 Å². The molecule has 0 saturated carbocycles. The molecule has 2 rings (SSSR count). The lowest BCUT2D eigenvalue weighted by Gasteiger charge is -2.14. The third-order valence-electron chi connectivity index (χ3n) is 2.89. The van der Waals surface area contributed by atoms with Crippen molar-refractivity contribution in [3.05, 3.63) is 56.7 Å². The molecule has 0 radical (unpaired) electrons. The summed E-state index contributed by atoms with van der Waals surface area (Å²) in [4.78, 5) is 0. The fraction of sp³-hybridized carbons (Fsp3) is 0.286. The van der Waals surface area contributed by atoms with Crippen molar-refractivity contribution in [2.45, 2.75) is 18.8 Å². The highest BCUT2D eigenvalue weighted by atomic mass is 79.9. The summed E-state index contributed by atoms with van der Waals surface area (Å²) in [5, 5.41) is 5.42. The Bertz CT molecular complexity index is 434. The van der Waals surface area contributed by atoms with Crippen molar-refractivity contribution in [3.8, 4) is 0 Å². The van der Waals surface area contributed by atoms with Crippen LogP contribution in [0.25, 0.3) is 0 Å². The molecule has 0 nitrogen and oxygen atoms in total. The molecule has 1 aromatic heterocycles. The van der Waals surface area contributed by atoms with Crippen LogP contribution >= 0.6 is 43.2 Å². The second-order valence-electron chi connectivity index (χ2n) is 4.07. The lowest BCUT2D eigenvalue weighted by atomic mass is 9.95. The van der Waals surface area contributed by atoms with E-state index in [0.717, 1.165) is 16.2 Å². The monoisotopic (exact) mass is 372 g/mol. The predicted octanol–water partition coefficient (Wildman–Crippen LogP) is 5.62. The Morgan fingerprint density at radius 2 is 1.88 bits per heavy atom. The number of benzene rings is 1. The van der Waals surface area contributed by atoms with E-state index in [-0.39, 0.29) is 0 Å². The lowest BCUT2D eigenvalue weighted by Crippen LogP contribution is -2.01. The van der Waals surface area contributed by atoms with Crippen LogP contribution in [-0.4, -0.2) is 5.33 Å². The van der Waals surface area contributed by atoms with Gasteiger partial charge in [-0.3, -0.25) is 0 Å². The van der Waals surface area contributed by atoms with E-state index in [9.17, 15) is 0 Å². The highest BCUT2D eigenvalue weighted by Crippen LogP contribution is 2.25. The molecule has 0 amide bonds. The minimum Gasteiger partial charge on any atom is -0.152 e. The van der Waals surface area contributed by atoms with Gasteiger partial charge in [0.2, 0.25) is 0 Å². The molecule has 0 aliphatic rings. The number of aryl methyl sites for hydroxylation is 1. The van der Waals surface area contributed by atoms with Crippen LogP contribution in [0, 0.1) is 0 Å². The summed E-state index contributed by atoms with van der Waals surface area (Å²) in [5.41, 5.74) is 2.87. The van der Waals surface area contributed by atoms with Crippen molar-refractivity contribution in [1.29, 1.82) is 0 Å². The molecule has 1 aromatic carbocycles. The smallest absolute Gasteiger partial charge is 0.0175 e. The van der Waals surface area contributed by atoms with Crippen LogP contribution in [0.2, 0.25) is 0 Å². The Hall–Kier alpha value is -0.120. The molecular weight excluding hydrogens is 360 g/mol. The fourth-order valence-electron chi connectivity index (χ4n) is 1.84. The molecule has 1 heterocycles. The van der Waals surface area contributed by atoms with Crippen LogP contribution < -0.4 is 0 Å². The molecule has 0 fully saturated rings. The summed E-state index contributed by atoms with van der Waals surface area (Å²) >= 11 is 8.88. The van der Waals surface area contributed by atoms with Gasteiger partial charge in [0.05, 0.1) is 0 Å². The van der Waals surface area contributed by atoms with Gasteiger partial charge in [0.25, 0.3) is 0 Å². The summed E-state index contributed by atoms with van der Waals surface area (Å²) in [6.45, 7) is 0. The second kappa shape index (κ2) is 6.72. The van der Waals surface area contributed by atoms with Gasteiger partial charge < -0.3 is 0 Å². The molecule has 1 unspecified atom stereocenters. The predicted molar refractivity (Wildman–Crippen MR) is 83.3 cm³/mol. The van der Waals surface area contributed by atoms with Gasteiger partial charge in [-0.25, -0.2) is 0 Å². The standard InChI is InChI=1S/C14H14Br2S/c15-9-13(2-1-11-7-8-17-10-11)12-3-5-14(16)6-4-12/h3-8,10,13H,1-2,9H2. The van der Waals surface area contributed by atoms with Gasteiger partial charge >= 0.3 is 0 Å². The van der Waals surface area contributed by atoms with Crippen LogP contribution in [0.4, 0.5) is 0 Å². The topological polar surface area (TPSA) is 0 Å². The quantitative estimate of drug-likeness (QED) is 0.596.